The van der Waals surface area contributed by atoms with E-state index < -0.39 is 0 Å². The van der Waals surface area contributed by atoms with Crippen LogP contribution in [0.5, 0.6) is 0 Å². The lowest BCUT2D eigenvalue weighted by Gasteiger charge is -2.08. The Morgan fingerprint density at radius 2 is 2.04 bits per heavy atom. The molecular formula is C19H26ClNO2. The molecule has 23 heavy (non-hydrogen) atoms. The maximum Gasteiger partial charge on any atom is 0.407 e. The van der Waals surface area contributed by atoms with Crippen LogP contribution in [0.3, 0.4) is 0 Å². The highest BCUT2D eigenvalue weighted by Crippen LogP contribution is 2.58. The molecule has 0 saturated heterocycles. The van der Waals surface area contributed by atoms with Crippen molar-refractivity contribution in [3.8, 4) is 0 Å². The smallest absolute Gasteiger partial charge is 0.407 e. The molecular weight excluding hydrogens is 310 g/mol. The summed E-state index contributed by atoms with van der Waals surface area (Å²) in [5.41, 5.74) is 2.57. The number of alkyl carbamates (subject to hydrolysis) is 1. The number of carbonyl (C=O) groups is 1. The summed E-state index contributed by atoms with van der Waals surface area (Å²) in [6.07, 6.45) is 2.58. The van der Waals surface area contributed by atoms with Crippen LogP contribution in [0.15, 0.2) is 35.9 Å². The van der Waals surface area contributed by atoms with E-state index in [1.807, 2.05) is 24.3 Å². The highest BCUT2D eigenvalue weighted by molar-refractivity contribution is 6.31. The van der Waals surface area contributed by atoms with Gasteiger partial charge in [-0.3, -0.25) is 0 Å². The average Bonchev–Trinajstić information content (AvgIpc) is 2.98. The first-order chi connectivity index (χ1) is 10.8. The first kappa shape index (κ1) is 17.9. The minimum atomic E-state index is -0.351. The van der Waals surface area contributed by atoms with Crippen molar-refractivity contribution in [1.29, 1.82) is 0 Å². The number of rotatable bonds is 6. The van der Waals surface area contributed by atoms with Gasteiger partial charge in [-0.2, -0.15) is 0 Å². The molecule has 1 aliphatic rings. The molecule has 1 aliphatic carbocycles. The third-order valence-electron chi connectivity index (χ3n) is 4.68. The third-order valence-corrected chi connectivity index (χ3v) is 5.05. The van der Waals surface area contributed by atoms with E-state index in [9.17, 15) is 4.79 Å². The molecule has 0 radical (unpaired) electrons. The minimum absolute atomic E-state index is 0.252. The Morgan fingerprint density at radius 3 is 2.70 bits per heavy atom. The topological polar surface area (TPSA) is 38.3 Å². The van der Waals surface area contributed by atoms with Gasteiger partial charge < -0.3 is 10.1 Å². The second-order valence-corrected chi connectivity index (χ2v) is 7.46. The Morgan fingerprint density at radius 1 is 1.35 bits per heavy atom. The van der Waals surface area contributed by atoms with Gasteiger partial charge >= 0.3 is 6.09 Å². The van der Waals surface area contributed by atoms with Crippen molar-refractivity contribution in [3.05, 3.63) is 46.5 Å². The predicted octanol–water partition coefficient (Wildman–Crippen LogP) is 4.85. The molecule has 3 nitrogen and oxygen atoms in total. The molecule has 1 saturated carbocycles. The van der Waals surface area contributed by atoms with Crippen molar-refractivity contribution in [3.63, 3.8) is 0 Å². The molecule has 1 aromatic carbocycles. The Kier molecular flexibility index (Phi) is 5.74. The molecule has 1 fully saturated rings. The molecule has 2 unspecified atom stereocenters. The number of halogens is 1. The number of nitrogens with one attached hydrogen (secondary N) is 1. The van der Waals surface area contributed by atoms with Crippen LogP contribution in [0, 0.1) is 17.3 Å². The van der Waals surface area contributed by atoms with Gasteiger partial charge in [0.1, 0.15) is 0 Å². The lowest BCUT2D eigenvalue weighted by Crippen LogP contribution is -2.28. The summed E-state index contributed by atoms with van der Waals surface area (Å²) in [7, 11) is 0. The standard InChI is InChI=1S/C19H26ClNO2/c1-13(2)11-15-16(19(15,3)4)12-21-18(22)23-10-9-14-7-5-6-8-17(14)20/h5-8,11,15-16H,9-10,12H2,1-4H3,(H,21,22). The normalized spacial score (nSPS) is 21.4. The van der Waals surface area contributed by atoms with Gasteiger partial charge in [0.25, 0.3) is 0 Å². The number of benzene rings is 1. The van der Waals surface area contributed by atoms with Crippen LogP contribution in [0.4, 0.5) is 4.79 Å². The van der Waals surface area contributed by atoms with Crippen molar-refractivity contribution >= 4 is 17.7 Å². The SMILES string of the molecule is CC(C)=CC1C(CNC(=O)OCCc2ccccc2Cl)C1(C)C. The van der Waals surface area contributed by atoms with Gasteiger partial charge in [-0.15, -0.1) is 0 Å². The van der Waals surface area contributed by atoms with Gasteiger partial charge in [0.2, 0.25) is 0 Å². The predicted molar refractivity (Wildman–Crippen MR) is 94.7 cm³/mol. The highest BCUT2D eigenvalue weighted by atomic mass is 35.5. The summed E-state index contributed by atoms with van der Waals surface area (Å²) in [6.45, 7) is 9.70. The maximum absolute atomic E-state index is 11.8. The van der Waals surface area contributed by atoms with Crippen LogP contribution in [0.2, 0.25) is 5.02 Å². The first-order valence-corrected chi connectivity index (χ1v) is 8.49. The monoisotopic (exact) mass is 335 g/mol. The van der Waals surface area contributed by atoms with Crippen LogP contribution in [0.25, 0.3) is 0 Å². The molecule has 0 aliphatic heterocycles. The second-order valence-electron chi connectivity index (χ2n) is 7.06. The van der Waals surface area contributed by atoms with Crippen molar-refractivity contribution in [1.82, 2.24) is 5.32 Å². The summed E-state index contributed by atoms with van der Waals surface area (Å²) < 4.78 is 5.24. The molecule has 4 heteroatoms. The van der Waals surface area contributed by atoms with Crippen molar-refractivity contribution in [2.24, 2.45) is 17.3 Å². The molecule has 126 valence electrons. The minimum Gasteiger partial charge on any atom is -0.449 e. The fourth-order valence-corrected chi connectivity index (χ4v) is 3.30. The van der Waals surface area contributed by atoms with Gasteiger partial charge in [0, 0.05) is 18.0 Å². The van der Waals surface area contributed by atoms with Gasteiger partial charge in [-0.25, -0.2) is 4.79 Å². The van der Waals surface area contributed by atoms with Gasteiger partial charge in [0.15, 0.2) is 0 Å². The molecule has 2 atom stereocenters. The van der Waals surface area contributed by atoms with E-state index in [0.29, 0.717) is 36.4 Å². The molecule has 1 N–H and O–H groups in total. The van der Waals surface area contributed by atoms with E-state index in [4.69, 9.17) is 16.3 Å². The van der Waals surface area contributed by atoms with Crippen LogP contribution in [0.1, 0.15) is 33.3 Å². The number of ether oxygens (including phenoxy) is 1. The fourth-order valence-electron chi connectivity index (χ4n) is 3.07. The maximum atomic E-state index is 11.8. The molecule has 1 aromatic rings. The van der Waals surface area contributed by atoms with E-state index in [0.717, 1.165) is 5.56 Å². The third kappa shape index (κ3) is 4.74. The Labute approximate surface area is 144 Å². The first-order valence-electron chi connectivity index (χ1n) is 8.11. The molecule has 2 rings (SSSR count). The Hall–Kier alpha value is -1.48. The summed E-state index contributed by atoms with van der Waals surface area (Å²) >= 11 is 6.08. The lowest BCUT2D eigenvalue weighted by molar-refractivity contribution is 0.146. The zero-order valence-electron chi connectivity index (χ0n) is 14.4. The van der Waals surface area contributed by atoms with Crippen LogP contribution < -0.4 is 5.32 Å². The van der Waals surface area contributed by atoms with E-state index >= 15 is 0 Å². The highest BCUT2D eigenvalue weighted by Gasteiger charge is 2.55. The van der Waals surface area contributed by atoms with Gasteiger partial charge in [0.05, 0.1) is 6.61 Å². The van der Waals surface area contributed by atoms with E-state index in [2.05, 4.69) is 39.1 Å². The van der Waals surface area contributed by atoms with Gasteiger partial charge in [-0.1, -0.05) is 55.3 Å². The Balaban J connectivity index is 1.70. The van der Waals surface area contributed by atoms with Crippen molar-refractivity contribution in [2.75, 3.05) is 13.2 Å². The number of hydrogen-bond donors (Lipinski definition) is 1. The molecule has 0 aromatic heterocycles. The average molecular weight is 336 g/mol. The second kappa shape index (κ2) is 7.39. The molecule has 0 heterocycles. The van der Waals surface area contributed by atoms with E-state index in [1.165, 1.54) is 5.57 Å². The van der Waals surface area contributed by atoms with Crippen molar-refractivity contribution in [2.45, 2.75) is 34.1 Å². The molecule has 1 amide bonds. The van der Waals surface area contributed by atoms with Crippen LogP contribution in [-0.2, 0) is 11.2 Å². The zero-order chi connectivity index (χ0) is 17.0. The quantitative estimate of drug-likeness (QED) is 0.755. The molecule has 0 spiro atoms. The van der Waals surface area contributed by atoms with Crippen LogP contribution in [-0.4, -0.2) is 19.2 Å². The summed E-state index contributed by atoms with van der Waals surface area (Å²) in [6, 6.07) is 7.61. The number of allylic oxidation sites excluding steroid dienone is 2. The molecule has 0 bridgehead atoms. The summed E-state index contributed by atoms with van der Waals surface area (Å²) in [4.78, 5) is 11.8. The van der Waals surface area contributed by atoms with Gasteiger partial charge in [-0.05, 0) is 42.7 Å². The summed E-state index contributed by atoms with van der Waals surface area (Å²) in [5.74, 6) is 1.02. The Bertz CT molecular complexity index is 591. The number of amides is 1. The van der Waals surface area contributed by atoms with Crippen LogP contribution >= 0.6 is 11.6 Å². The fraction of sp³-hybridized carbons (Fsp3) is 0.526. The van der Waals surface area contributed by atoms with E-state index in [1.54, 1.807) is 0 Å². The van der Waals surface area contributed by atoms with E-state index in [-0.39, 0.29) is 11.5 Å². The zero-order valence-corrected chi connectivity index (χ0v) is 15.1. The largest absolute Gasteiger partial charge is 0.449 e. The summed E-state index contributed by atoms with van der Waals surface area (Å²) in [5, 5.41) is 3.59. The number of carbonyl (C=O) groups excluding carboxylic acids is 1. The van der Waals surface area contributed by atoms with Crippen molar-refractivity contribution < 1.29 is 9.53 Å². The lowest BCUT2D eigenvalue weighted by atomic mass is 10.1. The number of hydrogen-bond acceptors (Lipinski definition) is 2.